The van der Waals surface area contributed by atoms with Crippen LogP contribution in [0.3, 0.4) is 0 Å². The topological polar surface area (TPSA) is 63.4 Å². The first-order chi connectivity index (χ1) is 7.39. The first-order valence-electron chi connectivity index (χ1n) is 4.99. The van der Waals surface area contributed by atoms with E-state index in [0.717, 1.165) is 17.0 Å². The third kappa shape index (κ3) is 2.10. The van der Waals surface area contributed by atoms with Crippen LogP contribution in [0.5, 0.6) is 0 Å². The Morgan fingerprint density at radius 2 is 2.12 bits per heavy atom. The van der Waals surface area contributed by atoms with Gasteiger partial charge in [-0.2, -0.15) is 0 Å². The zero-order valence-electron chi connectivity index (χ0n) is 9.17. The SMILES string of the molecule is CC(C)N1Cc2cccc(S(N)(=O)=O)c2S1. The lowest BCUT2D eigenvalue weighted by Gasteiger charge is -2.17. The first-order valence-corrected chi connectivity index (χ1v) is 7.31. The second-order valence-corrected chi connectivity index (χ2v) is 6.64. The Hall–Kier alpha value is -0.560. The van der Waals surface area contributed by atoms with Gasteiger partial charge in [0.2, 0.25) is 10.0 Å². The van der Waals surface area contributed by atoms with Crippen LogP contribution in [0, 0.1) is 0 Å². The summed E-state index contributed by atoms with van der Waals surface area (Å²) >= 11 is 1.47. The molecule has 0 saturated carbocycles. The number of hydrogen-bond acceptors (Lipinski definition) is 4. The third-order valence-corrected chi connectivity index (χ3v) is 5.01. The van der Waals surface area contributed by atoms with E-state index in [1.807, 2.05) is 6.07 Å². The number of benzene rings is 1. The lowest BCUT2D eigenvalue weighted by atomic mass is 10.2. The van der Waals surface area contributed by atoms with Gasteiger partial charge in [0.05, 0.1) is 4.90 Å². The number of nitrogens with zero attached hydrogens (tertiary/aromatic N) is 1. The molecule has 1 aromatic carbocycles. The van der Waals surface area contributed by atoms with Crippen LogP contribution in [-0.4, -0.2) is 18.8 Å². The second-order valence-electron chi connectivity index (χ2n) is 4.05. The molecule has 2 rings (SSSR count). The monoisotopic (exact) mass is 258 g/mol. The molecule has 0 bridgehead atoms. The maximum Gasteiger partial charge on any atom is 0.239 e. The van der Waals surface area contributed by atoms with Crippen LogP contribution < -0.4 is 5.14 Å². The molecule has 0 unspecified atom stereocenters. The van der Waals surface area contributed by atoms with E-state index in [1.165, 1.54) is 11.9 Å². The molecule has 0 saturated heterocycles. The number of primary sulfonamides is 1. The van der Waals surface area contributed by atoms with Crippen LogP contribution in [0.15, 0.2) is 28.0 Å². The quantitative estimate of drug-likeness (QED) is 0.818. The normalized spacial score (nSPS) is 16.8. The summed E-state index contributed by atoms with van der Waals surface area (Å²) in [5, 5.41) is 5.19. The van der Waals surface area contributed by atoms with E-state index < -0.39 is 10.0 Å². The van der Waals surface area contributed by atoms with E-state index in [0.29, 0.717) is 6.04 Å². The fourth-order valence-corrected chi connectivity index (χ4v) is 3.79. The van der Waals surface area contributed by atoms with Gasteiger partial charge in [-0.1, -0.05) is 12.1 Å². The van der Waals surface area contributed by atoms with Crippen LogP contribution in [0.4, 0.5) is 0 Å². The summed E-state index contributed by atoms with van der Waals surface area (Å²) in [6.45, 7) is 4.92. The molecule has 1 aliphatic rings. The minimum Gasteiger partial charge on any atom is -0.239 e. The lowest BCUT2D eigenvalue weighted by molar-refractivity contribution is 0.401. The molecule has 6 heteroatoms. The van der Waals surface area contributed by atoms with E-state index >= 15 is 0 Å². The second kappa shape index (κ2) is 4.03. The molecule has 1 heterocycles. The highest BCUT2D eigenvalue weighted by molar-refractivity contribution is 7.98. The first kappa shape index (κ1) is 11.9. The van der Waals surface area contributed by atoms with E-state index in [9.17, 15) is 8.42 Å². The molecule has 4 nitrogen and oxygen atoms in total. The molecule has 1 aliphatic heterocycles. The van der Waals surface area contributed by atoms with Crippen LogP contribution in [-0.2, 0) is 16.6 Å². The van der Waals surface area contributed by atoms with E-state index in [2.05, 4.69) is 18.2 Å². The molecule has 0 aromatic heterocycles. The molecule has 0 radical (unpaired) electrons. The number of fused-ring (bicyclic) bond motifs is 1. The summed E-state index contributed by atoms with van der Waals surface area (Å²) in [5.74, 6) is 0. The molecule has 0 amide bonds. The van der Waals surface area contributed by atoms with Crippen molar-refractivity contribution in [1.29, 1.82) is 0 Å². The van der Waals surface area contributed by atoms with Crippen LogP contribution in [0.2, 0.25) is 0 Å². The Labute approximate surface area is 100 Å². The molecule has 1 aromatic rings. The number of rotatable bonds is 2. The summed E-state index contributed by atoms with van der Waals surface area (Å²) in [6.07, 6.45) is 0. The van der Waals surface area contributed by atoms with Gasteiger partial charge in [0.25, 0.3) is 0 Å². The Kier molecular flexibility index (Phi) is 3.00. The molecule has 0 aliphatic carbocycles. The van der Waals surface area contributed by atoms with Crippen molar-refractivity contribution in [3.63, 3.8) is 0 Å². The van der Waals surface area contributed by atoms with E-state index in [-0.39, 0.29) is 4.90 Å². The van der Waals surface area contributed by atoms with Gasteiger partial charge >= 0.3 is 0 Å². The lowest BCUT2D eigenvalue weighted by Crippen LogP contribution is -2.19. The summed E-state index contributed by atoms with van der Waals surface area (Å²) in [7, 11) is -3.62. The summed E-state index contributed by atoms with van der Waals surface area (Å²) in [5.41, 5.74) is 1.03. The molecule has 0 atom stereocenters. The average Bonchev–Trinajstić information content (AvgIpc) is 2.58. The van der Waals surface area contributed by atoms with Crippen LogP contribution in [0.25, 0.3) is 0 Å². The minimum absolute atomic E-state index is 0.234. The predicted molar refractivity (Wildman–Crippen MR) is 64.4 cm³/mol. The minimum atomic E-state index is -3.62. The van der Waals surface area contributed by atoms with Gasteiger partial charge in [-0.3, -0.25) is 0 Å². The number of hydrogen-bond donors (Lipinski definition) is 1. The molecule has 2 N–H and O–H groups in total. The van der Waals surface area contributed by atoms with Crippen molar-refractivity contribution in [1.82, 2.24) is 4.31 Å². The molecule has 16 heavy (non-hydrogen) atoms. The standard InChI is InChI=1S/C10H14N2O2S2/c1-7(2)12-6-8-4-3-5-9(10(8)15-12)16(11,13)14/h3-5,7H,6H2,1-2H3,(H2,11,13,14). The highest BCUT2D eigenvalue weighted by atomic mass is 32.2. The van der Waals surface area contributed by atoms with Gasteiger partial charge < -0.3 is 0 Å². The van der Waals surface area contributed by atoms with E-state index in [4.69, 9.17) is 5.14 Å². The molecular formula is C10H14N2O2S2. The maximum absolute atomic E-state index is 11.4. The van der Waals surface area contributed by atoms with Crippen molar-refractivity contribution in [3.8, 4) is 0 Å². The van der Waals surface area contributed by atoms with Gasteiger partial charge in [0.15, 0.2) is 0 Å². The van der Waals surface area contributed by atoms with Crippen molar-refractivity contribution < 1.29 is 8.42 Å². The molecule has 0 spiro atoms. The fourth-order valence-electron chi connectivity index (χ4n) is 1.62. The number of sulfonamides is 1. The van der Waals surface area contributed by atoms with Crippen LogP contribution >= 0.6 is 11.9 Å². The summed E-state index contributed by atoms with van der Waals surface area (Å²) in [4.78, 5) is 1.01. The highest BCUT2D eigenvalue weighted by Gasteiger charge is 2.27. The zero-order valence-corrected chi connectivity index (χ0v) is 10.8. The molecule has 88 valence electrons. The Morgan fingerprint density at radius 1 is 1.44 bits per heavy atom. The molecular weight excluding hydrogens is 244 g/mol. The average molecular weight is 258 g/mol. The highest BCUT2D eigenvalue weighted by Crippen LogP contribution is 2.40. The largest absolute Gasteiger partial charge is 0.239 e. The Morgan fingerprint density at radius 3 is 2.69 bits per heavy atom. The predicted octanol–water partition coefficient (Wildman–Crippen LogP) is 1.57. The third-order valence-electron chi connectivity index (χ3n) is 2.48. The smallest absolute Gasteiger partial charge is 0.239 e. The van der Waals surface area contributed by atoms with Gasteiger partial charge in [-0.05, 0) is 37.4 Å². The van der Waals surface area contributed by atoms with Gasteiger partial charge in [-0.15, -0.1) is 0 Å². The molecule has 0 fully saturated rings. The van der Waals surface area contributed by atoms with Crippen molar-refractivity contribution in [3.05, 3.63) is 23.8 Å². The Bertz CT molecular complexity index is 512. The number of nitrogens with two attached hydrogens (primary N) is 1. The van der Waals surface area contributed by atoms with Gasteiger partial charge in [0, 0.05) is 17.5 Å². The maximum atomic E-state index is 11.4. The Balaban J connectivity index is 2.47. The summed E-state index contributed by atoms with van der Waals surface area (Å²) < 4.78 is 25.0. The van der Waals surface area contributed by atoms with Crippen molar-refractivity contribution in [2.45, 2.75) is 36.2 Å². The van der Waals surface area contributed by atoms with E-state index in [1.54, 1.807) is 12.1 Å². The zero-order chi connectivity index (χ0) is 11.9. The van der Waals surface area contributed by atoms with Gasteiger partial charge in [0.1, 0.15) is 0 Å². The summed E-state index contributed by atoms with van der Waals surface area (Å²) in [6, 6.07) is 5.61. The van der Waals surface area contributed by atoms with Crippen molar-refractivity contribution in [2.24, 2.45) is 5.14 Å². The van der Waals surface area contributed by atoms with Crippen molar-refractivity contribution >= 4 is 22.0 Å². The van der Waals surface area contributed by atoms with Crippen LogP contribution in [0.1, 0.15) is 19.4 Å². The van der Waals surface area contributed by atoms with Crippen molar-refractivity contribution in [2.75, 3.05) is 0 Å². The fraction of sp³-hybridized carbons (Fsp3) is 0.400. The van der Waals surface area contributed by atoms with Gasteiger partial charge in [-0.25, -0.2) is 17.9 Å².